The van der Waals surface area contributed by atoms with Gasteiger partial charge < -0.3 is 0 Å². The van der Waals surface area contributed by atoms with Gasteiger partial charge in [-0.25, -0.2) is 13.1 Å². The lowest BCUT2D eigenvalue weighted by Gasteiger charge is -2.14. The largest absolute Gasteiger partial charge is 0.241 e. The molecule has 6 heteroatoms. The average Bonchev–Trinajstić information content (AvgIpc) is 2.76. The molecule has 0 radical (unpaired) electrons. The fraction of sp³-hybridized carbons (Fsp3) is 0.500. The van der Waals surface area contributed by atoms with Crippen LogP contribution in [0.4, 0.5) is 0 Å². The maximum absolute atomic E-state index is 12.3. The van der Waals surface area contributed by atoms with Crippen LogP contribution in [0.15, 0.2) is 33.6 Å². The smallest absolute Gasteiger partial charge is 0.208 e. The summed E-state index contributed by atoms with van der Waals surface area (Å²) in [7, 11) is -3.41. The molecule has 18 heavy (non-hydrogen) atoms. The molecule has 0 spiro atoms. The number of halogens is 1. The van der Waals surface area contributed by atoms with Crippen LogP contribution < -0.4 is 4.72 Å². The Kier molecular flexibility index (Phi) is 4.75. The number of rotatable bonds is 4. The Balaban J connectivity index is 2.11. The molecule has 1 N–H and O–H groups in total. The number of hydrogen-bond acceptors (Lipinski definition) is 3. The quantitative estimate of drug-likeness (QED) is 0.908. The Morgan fingerprint density at radius 2 is 2.06 bits per heavy atom. The van der Waals surface area contributed by atoms with Gasteiger partial charge in [-0.1, -0.05) is 12.1 Å². The number of nitrogens with one attached hydrogen (secondary N) is 1. The van der Waals surface area contributed by atoms with Crippen LogP contribution in [-0.2, 0) is 10.0 Å². The third kappa shape index (κ3) is 3.29. The summed E-state index contributed by atoms with van der Waals surface area (Å²) in [5, 5.41) is 0.580. The molecule has 1 fully saturated rings. The van der Waals surface area contributed by atoms with E-state index in [1.807, 2.05) is 17.8 Å². The van der Waals surface area contributed by atoms with Gasteiger partial charge in [0.1, 0.15) is 0 Å². The van der Waals surface area contributed by atoms with Crippen LogP contribution in [0.25, 0.3) is 0 Å². The van der Waals surface area contributed by atoms with E-state index in [-0.39, 0.29) is 6.04 Å². The lowest BCUT2D eigenvalue weighted by Crippen LogP contribution is -2.33. The van der Waals surface area contributed by atoms with E-state index in [9.17, 15) is 8.42 Å². The molecule has 0 saturated heterocycles. The van der Waals surface area contributed by atoms with Gasteiger partial charge >= 0.3 is 0 Å². The summed E-state index contributed by atoms with van der Waals surface area (Å²) in [5.41, 5.74) is 0. The van der Waals surface area contributed by atoms with Crippen molar-refractivity contribution in [2.45, 2.75) is 35.4 Å². The van der Waals surface area contributed by atoms with Crippen LogP contribution in [0.2, 0.25) is 0 Å². The van der Waals surface area contributed by atoms with Crippen LogP contribution in [0.5, 0.6) is 0 Å². The summed E-state index contributed by atoms with van der Waals surface area (Å²) >= 11 is 5.10. The molecule has 2 unspecified atom stereocenters. The molecule has 1 aliphatic carbocycles. The molecule has 0 amide bonds. The Bertz CT molecular complexity index is 519. The molecular formula is C12H16BrNO2S2. The van der Waals surface area contributed by atoms with Crippen LogP contribution in [0, 0.1) is 0 Å². The van der Waals surface area contributed by atoms with Crippen LogP contribution >= 0.6 is 27.7 Å². The summed E-state index contributed by atoms with van der Waals surface area (Å²) in [6.07, 6.45) is 5.01. The van der Waals surface area contributed by atoms with Crippen molar-refractivity contribution < 1.29 is 8.42 Å². The molecule has 0 aromatic heterocycles. The monoisotopic (exact) mass is 349 g/mol. The first-order valence-electron chi connectivity index (χ1n) is 5.82. The summed E-state index contributed by atoms with van der Waals surface area (Å²) in [6, 6.07) is 6.97. The minimum Gasteiger partial charge on any atom is -0.208 e. The highest BCUT2D eigenvalue weighted by Crippen LogP contribution is 2.30. The summed E-state index contributed by atoms with van der Waals surface area (Å²) in [6.45, 7) is 0. The standard InChI is InChI=1S/C12H16BrNO2S2/c1-17-10-7-6-9(8-10)14-18(15,16)12-5-3-2-4-11(12)13/h2-5,9-10,14H,6-8H2,1H3. The molecular weight excluding hydrogens is 334 g/mol. The molecule has 2 atom stereocenters. The predicted molar refractivity (Wildman–Crippen MR) is 79.4 cm³/mol. The van der Waals surface area contributed by atoms with Gasteiger partial charge in [-0.05, 0) is 53.6 Å². The van der Waals surface area contributed by atoms with Crippen molar-refractivity contribution in [3.63, 3.8) is 0 Å². The molecule has 0 aliphatic heterocycles. The summed E-state index contributed by atoms with van der Waals surface area (Å²) in [4.78, 5) is 0.317. The molecule has 100 valence electrons. The highest BCUT2D eigenvalue weighted by molar-refractivity contribution is 9.10. The van der Waals surface area contributed by atoms with Crippen LogP contribution in [0.1, 0.15) is 19.3 Å². The second kappa shape index (κ2) is 5.94. The van der Waals surface area contributed by atoms with E-state index in [0.717, 1.165) is 19.3 Å². The van der Waals surface area contributed by atoms with Gasteiger partial charge in [0, 0.05) is 15.8 Å². The fourth-order valence-electron chi connectivity index (χ4n) is 2.21. The van der Waals surface area contributed by atoms with Gasteiger partial charge in [-0.3, -0.25) is 0 Å². The van der Waals surface area contributed by atoms with Crippen molar-refractivity contribution >= 4 is 37.7 Å². The molecule has 2 rings (SSSR count). The van der Waals surface area contributed by atoms with Crippen molar-refractivity contribution in [3.8, 4) is 0 Å². The van der Waals surface area contributed by atoms with Gasteiger partial charge in [0.2, 0.25) is 10.0 Å². The average molecular weight is 350 g/mol. The lowest BCUT2D eigenvalue weighted by molar-refractivity contribution is 0.552. The highest BCUT2D eigenvalue weighted by atomic mass is 79.9. The Morgan fingerprint density at radius 1 is 1.33 bits per heavy atom. The molecule has 1 aliphatic rings. The van der Waals surface area contributed by atoms with Gasteiger partial charge in [-0.2, -0.15) is 11.8 Å². The number of sulfonamides is 1. The predicted octanol–water partition coefficient (Wildman–Crippen LogP) is 3.01. The Morgan fingerprint density at radius 3 is 2.67 bits per heavy atom. The molecule has 1 aromatic rings. The lowest BCUT2D eigenvalue weighted by atomic mass is 10.3. The fourth-order valence-corrected chi connectivity index (χ4v) is 5.29. The van der Waals surface area contributed by atoms with Gasteiger partial charge in [0.05, 0.1) is 4.90 Å². The first kappa shape index (κ1) is 14.4. The van der Waals surface area contributed by atoms with Gasteiger partial charge in [-0.15, -0.1) is 0 Å². The zero-order valence-corrected chi connectivity index (χ0v) is 13.3. The highest BCUT2D eigenvalue weighted by Gasteiger charge is 2.28. The molecule has 3 nitrogen and oxygen atoms in total. The summed E-state index contributed by atoms with van der Waals surface area (Å²) < 4.78 is 27.9. The van der Waals surface area contributed by atoms with E-state index >= 15 is 0 Å². The number of benzene rings is 1. The maximum Gasteiger partial charge on any atom is 0.241 e. The third-order valence-electron chi connectivity index (χ3n) is 3.17. The SMILES string of the molecule is CSC1CCC(NS(=O)(=O)c2ccccc2Br)C1. The molecule has 1 saturated carbocycles. The first-order chi connectivity index (χ1) is 8.53. The normalized spacial score (nSPS) is 24.3. The number of thioether (sulfide) groups is 1. The third-order valence-corrected chi connectivity index (χ3v) is 6.79. The van der Waals surface area contributed by atoms with Crippen LogP contribution in [-0.4, -0.2) is 26.0 Å². The van der Waals surface area contributed by atoms with E-state index in [0.29, 0.717) is 14.6 Å². The van der Waals surface area contributed by atoms with Crippen molar-refractivity contribution in [1.29, 1.82) is 0 Å². The van der Waals surface area contributed by atoms with Crippen molar-refractivity contribution in [3.05, 3.63) is 28.7 Å². The Labute approximate surface area is 121 Å². The summed E-state index contributed by atoms with van der Waals surface area (Å²) in [5.74, 6) is 0. The second-order valence-corrected chi connectivity index (χ2v) is 8.09. The van der Waals surface area contributed by atoms with Crippen LogP contribution in [0.3, 0.4) is 0 Å². The van der Waals surface area contributed by atoms with E-state index in [4.69, 9.17) is 0 Å². The zero-order valence-electron chi connectivity index (χ0n) is 10.1. The maximum atomic E-state index is 12.3. The van der Waals surface area contributed by atoms with Crippen molar-refractivity contribution in [1.82, 2.24) is 4.72 Å². The van der Waals surface area contributed by atoms with E-state index in [2.05, 4.69) is 26.9 Å². The molecule has 0 heterocycles. The minimum absolute atomic E-state index is 0.0690. The van der Waals surface area contributed by atoms with Crippen molar-refractivity contribution in [2.24, 2.45) is 0 Å². The van der Waals surface area contributed by atoms with Gasteiger partial charge in [0.25, 0.3) is 0 Å². The Hall–Kier alpha value is -0.0400. The second-order valence-electron chi connectivity index (χ2n) is 4.42. The first-order valence-corrected chi connectivity index (χ1v) is 9.39. The van der Waals surface area contributed by atoms with Crippen molar-refractivity contribution in [2.75, 3.05) is 6.26 Å². The van der Waals surface area contributed by atoms with E-state index < -0.39 is 10.0 Å². The minimum atomic E-state index is -3.41. The van der Waals surface area contributed by atoms with E-state index in [1.165, 1.54) is 0 Å². The van der Waals surface area contributed by atoms with Gasteiger partial charge in [0.15, 0.2) is 0 Å². The van der Waals surface area contributed by atoms with E-state index in [1.54, 1.807) is 18.2 Å². The molecule has 1 aromatic carbocycles. The number of hydrogen-bond donors (Lipinski definition) is 1. The topological polar surface area (TPSA) is 46.2 Å². The molecule has 0 bridgehead atoms. The zero-order chi connectivity index (χ0) is 13.2.